The van der Waals surface area contributed by atoms with Crippen LogP contribution in [0.15, 0.2) is 0 Å². The van der Waals surface area contributed by atoms with Crippen LogP contribution in [-0.4, -0.2) is 67.4 Å². The second kappa shape index (κ2) is 19.6. The van der Waals surface area contributed by atoms with Crippen LogP contribution < -0.4 is 33.6 Å². The molecule has 0 aromatic rings. The van der Waals surface area contributed by atoms with Crippen molar-refractivity contribution < 1.29 is 24.0 Å². The normalized spacial score (nSPS) is 10.0. The van der Waals surface area contributed by atoms with E-state index in [0.29, 0.717) is 25.9 Å². The van der Waals surface area contributed by atoms with Gasteiger partial charge in [-0.3, -0.25) is 20.1 Å². The molecule has 0 radical (unpaired) electrons. The molecule has 1 unspecified atom stereocenters. The Morgan fingerprint density at radius 2 is 1.44 bits per heavy atom. The lowest BCUT2D eigenvalue weighted by Crippen LogP contribution is -2.34. The molecule has 0 bridgehead atoms. The third kappa shape index (κ3) is 38.9. The van der Waals surface area contributed by atoms with E-state index in [1.54, 1.807) is 0 Å². The Kier molecular flexibility index (Phi) is 21.5. The molecule has 15 N–H and O–H groups in total. The summed E-state index contributed by atoms with van der Waals surface area (Å²) in [6, 6.07) is -0.821. The molecule has 0 aliphatic rings. The van der Waals surface area contributed by atoms with Crippen LogP contribution in [-0.2, 0) is 9.26 Å². The molecular formula is C11H30N8O5Si. The number of nitrogens with two attached hydrogens (primary N) is 4. The number of nitrogens with one attached hydrogen (secondary N) is 4. The van der Waals surface area contributed by atoms with Gasteiger partial charge in [0.2, 0.25) is 0 Å². The Morgan fingerprint density at radius 1 is 1.04 bits per heavy atom. The number of guanidine groups is 2. The summed E-state index contributed by atoms with van der Waals surface area (Å²) in [6.07, 6.45) is 2.94. The zero-order valence-corrected chi connectivity index (χ0v) is 15.0. The summed E-state index contributed by atoms with van der Waals surface area (Å²) >= 11 is 0. The van der Waals surface area contributed by atoms with Crippen molar-refractivity contribution in [3.63, 3.8) is 0 Å². The molecule has 0 saturated heterocycles. The monoisotopic (exact) mass is 382 g/mol. The number of carbonyl (C=O) groups is 1. The average molecular weight is 382 g/mol. The maximum absolute atomic E-state index is 10.2. The lowest BCUT2D eigenvalue weighted by Gasteiger charge is -2.06. The summed E-state index contributed by atoms with van der Waals surface area (Å²) in [5, 5.41) is 27.2. The van der Waals surface area contributed by atoms with Crippen molar-refractivity contribution in [2.45, 2.75) is 31.7 Å². The van der Waals surface area contributed by atoms with Crippen LogP contribution in [0.1, 0.15) is 25.7 Å². The Balaban J connectivity index is -0.000000328. The summed E-state index contributed by atoms with van der Waals surface area (Å²) in [6.45, 7) is 1.95. The molecule has 0 aliphatic heterocycles. The van der Waals surface area contributed by atoms with Crippen LogP contribution in [0.4, 0.5) is 0 Å². The van der Waals surface area contributed by atoms with Gasteiger partial charge in [-0.15, -0.1) is 0 Å². The van der Waals surface area contributed by atoms with Gasteiger partial charge in [0.25, 0.3) is 0 Å². The number of unbranched alkanes of at least 4 members (excludes halogenated alkanes) is 1. The van der Waals surface area contributed by atoms with Gasteiger partial charge in [0.1, 0.15) is 6.04 Å². The van der Waals surface area contributed by atoms with Gasteiger partial charge in [0.15, 0.2) is 11.9 Å². The summed E-state index contributed by atoms with van der Waals surface area (Å²) in [5.41, 5.74) is 20.5. The smallest absolute Gasteiger partial charge is 0.511 e. The predicted octanol–water partition coefficient (Wildman–Crippen LogP) is -3.74. The number of rotatable bonds is 9. The van der Waals surface area contributed by atoms with E-state index < -0.39 is 21.2 Å². The molecule has 14 heteroatoms. The van der Waals surface area contributed by atoms with Crippen molar-refractivity contribution in [2.75, 3.05) is 19.6 Å². The Bertz CT molecular complexity index is 395. The van der Waals surface area contributed by atoms with Gasteiger partial charge in [0, 0.05) is 13.1 Å². The second-order valence-corrected chi connectivity index (χ2v) is 5.11. The van der Waals surface area contributed by atoms with E-state index in [4.69, 9.17) is 52.9 Å². The number of hydrogen-bond acceptors (Lipinski definition) is 6. The first-order valence-corrected chi connectivity index (χ1v) is 8.60. The first kappa shape index (κ1) is 27.4. The minimum Gasteiger partial charge on any atom is -0.511 e. The van der Waals surface area contributed by atoms with Gasteiger partial charge in [-0.1, -0.05) is 0 Å². The van der Waals surface area contributed by atoms with E-state index in [1.807, 2.05) is 0 Å². The van der Waals surface area contributed by atoms with E-state index in [2.05, 4.69) is 10.6 Å². The van der Waals surface area contributed by atoms with Crippen LogP contribution >= 0.6 is 0 Å². The zero-order valence-electron chi connectivity index (χ0n) is 14.0. The Morgan fingerprint density at radius 3 is 1.76 bits per heavy atom. The van der Waals surface area contributed by atoms with Crippen LogP contribution in [0.25, 0.3) is 0 Å². The lowest BCUT2D eigenvalue weighted by molar-refractivity contribution is -0.138. The van der Waals surface area contributed by atoms with Crippen LogP contribution in [0.3, 0.4) is 0 Å². The minimum absolute atomic E-state index is 0.0343. The molecule has 0 aromatic heterocycles. The molecule has 148 valence electrons. The summed E-state index contributed by atoms with van der Waals surface area (Å²) < 4.78 is 8.74. The van der Waals surface area contributed by atoms with Crippen LogP contribution in [0.5, 0.6) is 0 Å². The zero-order chi connectivity index (χ0) is 20.3. The fraction of sp³-hybridized carbons (Fsp3) is 0.727. The number of aliphatic carboxylic acids is 1. The SMILES string of the molecule is N=C(N)NCCCC(N)C(=O)O.N=C(N)NCCCCN.O=[Si](O)O. The molecule has 0 aromatic carbocycles. The van der Waals surface area contributed by atoms with E-state index in [-0.39, 0.29) is 11.9 Å². The molecule has 0 aliphatic carbocycles. The fourth-order valence-electron chi connectivity index (χ4n) is 1.16. The van der Waals surface area contributed by atoms with Crippen molar-refractivity contribution in [1.82, 2.24) is 10.6 Å². The molecule has 1 atom stereocenters. The fourth-order valence-corrected chi connectivity index (χ4v) is 1.16. The highest BCUT2D eigenvalue weighted by molar-refractivity contribution is 6.22. The Hall–Kier alpha value is -2.45. The van der Waals surface area contributed by atoms with Crippen LogP contribution in [0, 0.1) is 10.8 Å². The molecule has 13 nitrogen and oxygen atoms in total. The van der Waals surface area contributed by atoms with Crippen LogP contribution in [0.2, 0.25) is 0 Å². The van der Waals surface area contributed by atoms with E-state index in [0.717, 1.165) is 19.4 Å². The third-order valence-corrected chi connectivity index (χ3v) is 2.27. The summed E-state index contributed by atoms with van der Waals surface area (Å²) in [7, 11) is -3.13. The molecule has 0 amide bonds. The molecule has 25 heavy (non-hydrogen) atoms. The van der Waals surface area contributed by atoms with Gasteiger partial charge in [0.05, 0.1) is 0 Å². The molecule has 0 fully saturated rings. The highest BCUT2D eigenvalue weighted by Crippen LogP contribution is 1.92. The maximum atomic E-state index is 10.2. The standard InChI is InChI=1S/C6H14N4O2.C5H14N4.H2O3Si/c7-4(5(11)12)2-1-3-10-6(8)9;6-3-1-2-4-9-5(7)8;1-4(2)3/h4H,1-3,7H2,(H,11,12)(H4,8,9,10);1-4,6H2,(H4,7,8,9);1-2H. The third-order valence-electron chi connectivity index (χ3n) is 2.27. The summed E-state index contributed by atoms with van der Waals surface area (Å²) in [4.78, 5) is 24.5. The molecule has 0 saturated carbocycles. The van der Waals surface area contributed by atoms with E-state index >= 15 is 0 Å². The minimum atomic E-state index is -3.13. The predicted molar refractivity (Wildman–Crippen MR) is 93.8 cm³/mol. The van der Waals surface area contributed by atoms with Gasteiger partial charge in [-0.05, 0) is 32.2 Å². The molecular weight excluding hydrogens is 352 g/mol. The largest absolute Gasteiger partial charge is 0.761 e. The first-order valence-electron chi connectivity index (χ1n) is 7.30. The van der Waals surface area contributed by atoms with Crippen molar-refractivity contribution in [3.8, 4) is 0 Å². The molecule has 0 spiro atoms. The highest BCUT2D eigenvalue weighted by Gasteiger charge is 2.09. The molecule has 0 heterocycles. The van der Waals surface area contributed by atoms with Gasteiger partial charge < -0.3 is 48.3 Å². The number of carboxylic acids is 1. The van der Waals surface area contributed by atoms with E-state index in [1.165, 1.54) is 0 Å². The second-order valence-electron chi connectivity index (χ2n) is 4.55. The molecule has 0 rings (SSSR count). The average Bonchev–Trinajstić information content (AvgIpc) is 2.47. The number of carboxylic acid groups (broad SMARTS) is 1. The summed E-state index contributed by atoms with van der Waals surface area (Å²) in [5.74, 6) is -1.08. The van der Waals surface area contributed by atoms with Crippen molar-refractivity contribution in [3.05, 3.63) is 0 Å². The van der Waals surface area contributed by atoms with Gasteiger partial charge in [-0.25, -0.2) is 0 Å². The van der Waals surface area contributed by atoms with Crippen molar-refractivity contribution >= 4 is 27.1 Å². The van der Waals surface area contributed by atoms with E-state index in [9.17, 15) is 4.79 Å². The Labute approximate surface area is 147 Å². The topological polar surface area (TPSA) is 271 Å². The van der Waals surface area contributed by atoms with Crippen molar-refractivity contribution in [2.24, 2.45) is 22.9 Å². The first-order chi connectivity index (χ1) is 11.5. The maximum Gasteiger partial charge on any atom is 0.761 e. The quantitative estimate of drug-likeness (QED) is 0.0797. The number of hydrogen-bond donors (Lipinski definition) is 11. The highest BCUT2D eigenvalue weighted by atomic mass is 28.3. The van der Waals surface area contributed by atoms with Crippen molar-refractivity contribution in [1.29, 1.82) is 10.8 Å². The van der Waals surface area contributed by atoms with Gasteiger partial charge >= 0.3 is 15.1 Å². The van der Waals surface area contributed by atoms with Gasteiger partial charge in [-0.2, -0.15) is 0 Å². The lowest BCUT2D eigenvalue weighted by atomic mass is 10.2.